The third-order valence-corrected chi connectivity index (χ3v) is 4.97. The molecule has 0 fully saturated rings. The molecule has 0 aliphatic carbocycles. The molecule has 3 rings (SSSR count). The first kappa shape index (κ1) is 14.1. The van der Waals surface area contributed by atoms with Crippen molar-refractivity contribution in [1.29, 1.82) is 0 Å². The molecule has 0 atom stereocenters. The van der Waals surface area contributed by atoms with E-state index >= 15 is 0 Å². The van der Waals surface area contributed by atoms with E-state index in [1.54, 1.807) is 0 Å². The Hall–Kier alpha value is -1.81. The third kappa shape index (κ3) is 2.68. The van der Waals surface area contributed by atoms with Gasteiger partial charge in [-0.3, -0.25) is 0 Å². The number of anilines is 4. The molecule has 0 bridgehead atoms. The van der Waals surface area contributed by atoms with Crippen molar-refractivity contribution in [3.63, 3.8) is 0 Å². The molecule has 0 unspecified atom stereocenters. The molecular formula is C17H21N3S. The summed E-state index contributed by atoms with van der Waals surface area (Å²) in [6.45, 7) is 3.18. The van der Waals surface area contributed by atoms with Crippen LogP contribution in [0.15, 0.2) is 46.2 Å². The second kappa shape index (κ2) is 5.53. The summed E-state index contributed by atoms with van der Waals surface area (Å²) in [5.41, 5.74) is 4.87. The highest BCUT2D eigenvalue weighted by Crippen LogP contribution is 2.46. The van der Waals surface area contributed by atoms with Crippen LogP contribution in [0.25, 0.3) is 0 Å². The van der Waals surface area contributed by atoms with Gasteiger partial charge < -0.3 is 15.1 Å². The van der Waals surface area contributed by atoms with Crippen molar-refractivity contribution in [3.05, 3.63) is 36.4 Å². The molecular weight excluding hydrogens is 278 g/mol. The Labute approximate surface area is 131 Å². The zero-order valence-electron chi connectivity index (χ0n) is 13.0. The lowest BCUT2D eigenvalue weighted by Gasteiger charge is -2.25. The molecule has 1 aliphatic rings. The summed E-state index contributed by atoms with van der Waals surface area (Å²) in [4.78, 5) is 6.96. The fourth-order valence-electron chi connectivity index (χ4n) is 2.36. The molecule has 3 nitrogen and oxygen atoms in total. The van der Waals surface area contributed by atoms with Gasteiger partial charge in [-0.15, -0.1) is 0 Å². The van der Waals surface area contributed by atoms with E-state index in [9.17, 15) is 0 Å². The number of hydrogen-bond donors (Lipinski definition) is 1. The predicted octanol–water partition coefficient (Wildman–Crippen LogP) is 4.42. The second-order valence-electron chi connectivity index (χ2n) is 5.50. The van der Waals surface area contributed by atoms with Gasteiger partial charge in [0.25, 0.3) is 0 Å². The largest absolute Gasteiger partial charge is 0.378 e. The number of fused-ring (bicyclic) bond motifs is 2. The lowest BCUT2D eigenvalue weighted by atomic mass is 10.2. The summed E-state index contributed by atoms with van der Waals surface area (Å²) in [5.74, 6) is 0. The lowest BCUT2D eigenvalue weighted by molar-refractivity contribution is 0.965. The van der Waals surface area contributed by atoms with Crippen LogP contribution >= 0.6 is 11.8 Å². The van der Waals surface area contributed by atoms with E-state index < -0.39 is 0 Å². The van der Waals surface area contributed by atoms with Crippen molar-refractivity contribution >= 4 is 34.5 Å². The Kier molecular flexibility index (Phi) is 3.72. The highest BCUT2D eigenvalue weighted by Gasteiger charge is 2.17. The van der Waals surface area contributed by atoms with Crippen LogP contribution in [-0.4, -0.2) is 27.7 Å². The maximum Gasteiger partial charge on any atom is 0.0527 e. The van der Waals surface area contributed by atoms with Crippen LogP contribution in [0.2, 0.25) is 0 Å². The molecule has 2 aromatic rings. The Bertz CT molecular complexity index is 667. The zero-order valence-corrected chi connectivity index (χ0v) is 13.8. The minimum absolute atomic E-state index is 1.01. The molecule has 0 radical (unpaired) electrons. The fourth-order valence-corrected chi connectivity index (χ4v) is 3.41. The highest BCUT2D eigenvalue weighted by molar-refractivity contribution is 7.99. The van der Waals surface area contributed by atoms with Crippen LogP contribution in [-0.2, 0) is 0 Å². The quantitative estimate of drug-likeness (QED) is 0.771. The maximum atomic E-state index is 3.53. The summed E-state index contributed by atoms with van der Waals surface area (Å²) in [6.07, 6.45) is 0. The average molecular weight is 299 g/mol. The number of benzene rings is 2. The van der Waals surface area contributed by atoms with Crippen molar-refractivity contribution < 1.29 is 0 Å². The Balaban J connectivity index is 1.96. The van der Waals surface area contributed by atoms with Gasteiger partial charge in [-0.05, 0) is 43.3 Å². The molecule has 0 aromatic heterocycles. The van der Waals surface area contributed by atoms with Gasteiger partial charge in [0.05, 0.1) is 11.4 Å². The first-order valence-corrected chi connectivity index (χ1v) is 8.01. The Morgan fingerprint density at radius 3 is 2.05 bits per heavy atom. The standard InChI is InChI=1S/C17H21N3S/c1-5-20(4)13-7-9-15-17(11-13)21-16-10-12(19(2)3)6-8-14(16)18-15/h6-11,18H,5H2,1-4H3. The van der Waals surface area contributed by atoms with Gasteiger partial charge in [-0.25, -0.2) is 0 Å². The topological polar surface area (TPSA) is 18.5 Å². The van der Waals surface area contributed by atoms with Crippen LogP contribution in [0, 0.1) is 0 Å². The van der Waals surface area contributed by atoms with Gasteiger partial charge >= 0.3 is 0 Å². The molecule has 2 aromatic carbocycles. The van der Waals surface area contributed by atoms with E-state index in [0.29, 0.717) is 0 Å². The summed E-state index contributed by atoms with van der Waals surface area (Å²) in [7, 11) is 6.27. The average Bonchev–Trinajstić information content (AvgIpc) is 2.50. The Morgan fingerprint density at radius 1 is 0.905 bits per heavy atom. The number of hydrogen-bond acceptors (Lipinski definition) is 4. The number of nitrogens with one attached hydrogen (secondary N) is 1. The molecule has 0 amide bonds. The lowest BCUT2D eigenvalue weighted by Crippen LogP contribution is -2.16. The van der Waals surface area contributed by atoms with Crippen molar-refractivity contribution in [3.8, 4) is 0 Å². The normalized spacial score (nSPS) is 12.2. The van der Waals surface area contributed by atoms with Crippen LogP contribution in [0.4, 0.5) is 22.7 Å². The van der Waals surface area contributed by atoms with E-state index in [0.717, 1.165) is 6.54 Å². The van der Waals surface area contributed by atoms with Crippen molar-refractivity contribution in [2.75, 3.05) is 42.8 Å². The predicted molar refractivity (Wildman–Crippen MR) is 93.6 cm³/mol. The first-order valence-electron chi connectivity index (χ1n) is 7.20. The number of nitrogens with zero attached hydrogens (tertiary/aromatic N) is 2. The van der Waals surface area contributed by atoms with Crippen LogP contribution < -0.4 is 15.1 Å². The molecule has 4 heteroatoms. The summed E-state index contributed by atoms with van der Waals surface area (Å²) in [5, 5.41) is 3.53. The third-order valence-electron chi connectivity index (χ3n) is 3.85. The highest BCUT2D eigenvalue weighted by atomic mass is 32.2. The zero-order chi connectivity index (χ0) is 15.0. The van der Waals surface area contributed by atoms with Crippen molar-refractivity contribution in [2.45, 2.75) is 16.7 Å². The van der Waals surface area contributed by atoms with Crippen LogP contribution in [0.5, 0.6) is 0 Å². The minimum Gasteiger partial charge on any atom is -0.378 e. The van der Waals surface area contributed by atoms with Gasteiger partial charge in [0.15, 0.2) is 0 Å². The molecule has 1 heterocycles. The van der Waals surface area contributed by atoms with Gasteiger partial charge in [-0.1, -0.05) is 11.8 Å². The van der Waals surface area contributed by atoms with E-state index in [4.69, 9.17) is 0 Å². The summed E-state index contributed by atoms with van der Waals surface area (Å²) >= 11 is 1.84. The van der Waals surface area contributed by atoms with Crippen LogP contribution in [0.3, 0.4) is 0 Å². The fraction of sp³-hybridized carbons (Fsp3) is 0.294. The van der Waals surface area contributed by atoms with Gasteiger partial charge in [0.2, 0.25) is 0 Å². The molecule has 0 spiro atoms. The minimum atomic E-state index is 1.01. The van der Waals surface area contributed by atoms with Gasteiger partial charge in [-0.2, -0.15) is 0 Å². The van der Waals surface area contributed by atoms with Crippen LogP contribution in [0.1, 0.15) is 6.92 Å². The first-order chi connectivity index (χ1) is 10.1. The number of rotatable bonds is 3. The summed E-state index contributed by atoms with van der Waals surface area (Å²) in [6, 6.07) is 13.2. The van der Waals surface area contributed by atoms with E-state index in [1.165, 1.54) is 32.5 Å². The summed E-state index contributed by atoms with van der Waals surface area (Å²) < 4.78 is 0. The molecule has 0 saturated heterocycles. The molecule has 0 saturated carbocycles. The molecule has 21 heavy (non-hydrogen) atoms. The van der Waals surface area contributed by atoms with Crippen molar-refractivity contribution in [1.82, 2.24) is 0 Å². The monoisotopic (exact) mass is 299 g/mol. The molecule has 1 aliphatic heterocycles. The molecule has 1 N–H and O–H groups in total. The van der Waals surface area contributed by atoms with Crippen molar-refractivity contribution in [2.24, 2.45) is 0 Å². The van der Waals surface area contributed by atoms with E-state index in [2.05, 4.69) is 79.6 Å². The maximum absolute atomic E-state index is 3.53. The second-order valence-corrected chi connectivity index (χ2v) is 6.58. The Morgan fingerprint density at radius 2 is 1.48 bits per heavy atom. The van der Waals surface area contributed by atoms with Gasteiger partial charge in [0.1, 0.15) is 0 Å². The smallest absolute Gasteiger partial charge is 0.0527 e. The van der Waals surface area contributed by atoms with Gasteiger partial charge in [0, 0.05) is 48.9 Å². The SMILES string of the molecule is CCN(C)c1ccc2c(c1)Sc1cc(N(C)C)ccc1N2. The van der Waals surface area contributed by atoms with E-state index in [1.807, 2.05) is 11.8 Å². The molecule has 110 valence electrons. The van der Waals surface area contributed by atoms with E-state index in [-0.39, 0.29) is 0 Å².